The fourth-order valence-corrected chi connectivity index (χ4v) is 1.73. The minimum absolute atomic E-state index is 0.0204. The van der Waals surface area contributed by atoms with Gasteiger partial charge >= 0.3 is 0 Å². The molecule has 1 aromatic carbocycles. The monoisotopic (exact) mass is 251 g/mol. The Hall–Kier alpha value is -1.22. The molecule has 18 heavy (non-hydrogen) atoms. The molecule has 0 unspecified atom stereocenters. The van der Waals surface area contributed by atoms with Crippen LogP contribution in [0.15, 0.2) is 18.2 Å². The van der Waals surface area contributed by atoms with Crippen LogP contribution < -0.4 is 4.74 Å². The van der Waals surface area contributed by atoms with Gasteiger partial charge in [-0.2, -0.15) is 0 Å². The fourth-order valence-electron chi connectivity index (χ4n) is 1.73. The Balaban J connectivity index is 2.07. The number of rotatable bonds is 9. The maximum atomic E-state index is 11.1. The van der Waals surface area contributed by atoms with Crippen LogP contribution in [-0.2, 0) is 9.84 Å². The van der Waals surface area contributed by atoms with Gasteiger partial charge in [-0.25, -0.2) is 0 Å². The fraction of sp³-hybridized carbons (Fsp3) is 0.600. The highest BCUT2D eigenvalue weighted by atomic mass is 16.5. The van der Waals surface area contributed by atoms with Crippen LogP contribution in [-0.4, -0.2) is 19.8 Å². The summed E-state index contributed by atoms with van der Waals surface area (Å²) in [7, 11) is 0. The smallest absolute Gasteiger partial charge is 0.179 e. The molecule has 0 saturated heterocycles. The summed E-state index contributed by atoms with van der Waals surface area (Å²) >= 11 is 0. The summed E-state index contributed by atoms with van der Waals surface area (Å²) in [4.78, 5) is 0. The Bertz CT molecular complexity index is 337. The summed E-state index contributed by atoms with van der Waals surface area (Å²) in [5, 5.41) is 11.1. The van der Waals surface area contributed by atoms with Crippen LogP contribution >= 0.6 is 0 Å². The van der Waals surface area contributed by atoms with Gasteiger partial charge in [-0.15, -0.1) is 0 Å². The SMILES string of the molecule is CCCCCCOCCOc1ccc([O])cc1C. The highest BCUT2D eigenvalue weighted by molar-refractivity contribution is 5.38. The highest BCUT2D eigenvalue weighted by Gasteiger charge is 2.01. The van der Waals surface area contributed by atoms with Crippen molar-refractivity contribution in [2.24, 2.45) is 0 Å². The maximum absolute atomic E-state index is 11.1. The zero-order chi connectivity index (χ0) is 13.2. The second kappa shape index (κ2) is 8.81. The first-order valence-corrected chi connectivity index (χ1v) is 6.72. The van der Waals surface area contributed by atoms with E-state index < -0.39 is 0 Å². The number of hydrogen-bond donors (Lipinski definition) is 0. The number of aryl methyl sites for hydroxylation is 1. The second-order valence-electron chi connectivity index (χ2n) is 4.45. The third-order valence-corrected chi connectivity index (χ3v) is 2.77. The molecule has 0 aliphatic carbocycles. The molecule has 0 aliphatic heterocycles. The third kappa shape index (κ3) is 5.92. The van der Waals surface area contributed by atoms with Gasteiger partial charge in [0.1, 0.15) is 12.4 Å². The van der Waals surface area contributed by atoms with E-state index in [1.165, 1.54) is 25.3 Å². The molecule has 0 heterocycles. The first kappa shape index (κ1) is 14.8. The average molecular weight is 251 g/mol. The van der Waals surface area contributed by atoms with Crippen LogP contribution in [0.3, 0.4) is 0 Å². The summed E-state index contributed by atoms with van der Waals surface area (Å²) in [5.74, 6) is 0.788. The van der Waals surface area contributed by atoms with Crippen LogP contribution in [0, 0.1) is 6.92 Å². The molecule has 0 bridgehead atoms. The lowest BCUT2D eigenvalue weighted by molar-refractivity contribution is 0.0969. The van der Waals surface area contributed by atoms with Crippen molar-refractivity contribution >= 4 is 0 Å². The molecule has 0 amide bonds. The predicted molar refractivity (Wildman–Crippen MR) is 71.8 cm³/mol. The molecule has 0 saturated carbocycles. The van der Waals surface area contributed by atoms with Gasteiger partial charge in [0.05, 0.1) is 6.61 Å². The van der Waals surface area contributed by atoms with Crippen LogP contribution in [0.4, 0.5) is 0 Å². The summed E-state index contributed by atoms with van der Waals surface area (Å²) in [6.07, 6.45) is 4.89. The van der Waals surface area contributed by atoms with Crippen LogP contribution in [0.5, 0.6) is 11.5 Å². The van der Waals surface area contributed by atoms with Gasteiger partial charge in [0.25, 0.3) is 0 Å². The molecule has 101 valence electrons. The average Bonchev–Trinajstić information content (AvgIpc) is 2.35. The van der Waals surface area contributed by atoms with E-state index in [0.717, 1.165) is 24.3 Å². The molecule has 0 spiro atoms. The molecule has 1 radical (unpaired) electrons. The van der Waals surface area contributed by atoms with Crippen molar-refractivity contribution in [2.75, 3.05) is 19.8 Å². The van der Waals surface area contributed by atoms with Crippen molar-refractivity contribution in [1.82, 2.24) is 0 Å². The molecular weight excluding hydrogens is 228 g/mol. The molecule has 0 fully saturated rings. The topological polar surface area (TPSA) is 38.4 Å². The lowest BCUT2D eigenvalue weighted by Crippen LogP contribution is -2.08. The van der Waals surface area contributed by atoms with Gasteiger partial charge in [-0.1, -0.05) is 26.2 Å². The largest absolute Gasteiger partial charge is 0.491 e. The van der Waals surface area contributed by atoms with Crippen LogP contribution in [0.1, 0.15) is 38.2 Å². The van der Waals surface area contributed by atoms with E-state index in [4.69, 9.17) is 9.47 Å². The minimum atomic E-state index is 0.0204. The lowest BCUT2D eigenvalue weighted by Gasteiger charge is -2.09. The minimum Gasteiger partial charge on any atom is -0.491 e. The zero-order valence-corrected chi connectivity index (χ0v) is 11.4. The summed E-state index contributed by atoms with van der Waals surface area (Å²) in [5.41, 5.74) is 0.880. The molecule has 0 atom stereocenters. The molecule has 3 nitrogen and oxygen atoms in total. The van der Waals surface area contributed by atoms with Gasteiger partial charge in [0.15, 0.2) is 5.75 Å². The Kier molecular flexibility index (Phi) is 7.26. The number of hydrogen-bond acceptors (Lipinski definition) is 2. The van der Waals surface area contributed by atoms with Gasteiger partial charge in [0, 0.05) is 6.61 Å². The quantitative estimate of drug-likeness (QED) is 0.619. The van der Waals surface area contributed by atoms with Crippen molar-refractivity contribution in [3.8, 4) is 11.5 Å². The van der Waals surface area contributed by atoms with E-state index in [9.17, 15) is 5.11 Å². The van der Waals surface area contributed by atoms with E-state index in [2.05, 4.69) is 6.92 Å². The molecule has 1 aromatic rings. The van der Waals surface area contributed by atoms with Gasteiger partial charge < -0.3 is 9.47 Å². The van der Waals surface area contributed by atoms with E-state index in [-0.39, 0.29) is 5.75 Å². The third-order valence-electron chi connectivity index (χ3n) is 2.77. The van der Waals surface area contributed by atoms with E-state index in [0.29, 0.717) is 13.2 Å². The van der Waals surface area contributed by atoms with Gasteiger partial charge in [-0.3, -0.25) is 5.11 Å². The molecule has 1 rings (SSSR count). The number of benzene rings is 1. The number of unbranched alkanes of at least 4 members (excludes halogenated alkanes) is 3. The summed E-state index contributed by atoms with van der Waals surface area (Å²) < 4.78 is 11.0. The van der Waals surface area contributed by atoms with Gasteiger partial charge in [-0.05, 0) is 37.1 Å². The number of ether oxygens (including phenoxy) is 2. The summed E-state index contributed by atoms with van der Waals surface area (Å²) in [6.45, 7) is 6.02. The Morgan fingerprint density at radius 2 is 1.89 bits per heavy atom. The van der Waals surface area contributed by atoms with Crippen molar-refractivity contribution in [3.05, 3.63) is 23.8 Å². The van der Waals surface area contributed by atoms with Crippen LogP contribution in [0.25, 0.3) is 0 Å². The first-order chi connectivity index (χ1) is 8.74. The molecule has 0 N–H and O–H groups in total. The first-order valence-electron chi connectivity index (χ1n) is 6.72. The maximum Gasteiger partial charge on any atom is 0.179 e. The predicted octanol–water partition coefficient (Wildman–Crippen LogP) is 4.11. The molecular formula is C15H23O3. The van der Waals surface area contributed by atoms with E-state index >= 15 is 0 Å². The Morgan fingerprint density at radius 1 is 1.06 bits per heavy atom. The Morgan fingerprint density at radius 3 is 2.61 bits per heavy atom. The van der Waals surface area contributed by atoms with Gasteiger partial charge in [0.2, 0.25) is 0 Å². The van der Waals surface area contributed by atoms with Crippen molar-refractivity contribution in [2.45, 2.75) is 39.5 Å². The highest BCUT2D eigenvalue weighted by Crippen LogP contribution is 2.22. The normalized spacial score (nSPS) is 10.6. The standard InChI is InChI=1S/C15H23O3/c1-3-4-5-6-9-17-10-11-18-15-8-7-14(16)12-13(15)2/h7-8,12H,3-6,9-11H2,1-2H3. The van der Waals surface area contributed by atoms with Crippen LogP contribution in [0.2, 0.25) is 0 Å². The van der Waals surface area contributed by atoms with Crippen molar-refractivity contribution < 1.29 is 14.6 Å². The van der Waals surface area contributed by atoms with E-state index in [1.807, 2.05) is 6.92 Å². The Labute approximate surface area is 110 Å². The van der Waals surface area contributed by atoms with Crippen molar-refractivity contribution in [3.63, 3.8) is 0 Å². The lowest BCUT2D eigenvalue weighted by atomic mass is 10.2. The molecule has 3 heteroatoms. The van der Waals surface area contributed by atoms with E-state index in [1.54, 1.807) is 12.1 Å². The molecule has 0 aromatic heterocycles. The van der Waals surface area contributed by atoms with Crippen molar-refractivity contribution in [1.29, 1.82) is 0 Å². The molecule has 0 aliphatic rings. The summed E-state index contributed by atoms with van der Waals surface area (Å²) in [6, 6.07) is 4.83. The second-order valence-corrected chi connectivity index (χ2v) is 4.45. The zero-order valence-electron chi connectivity index (χ0n) is 11.4.